The topological polar surface area (TPSA) is 94.0 Å². The van der Waals surface area contributed by atoms with Crippen LogP contribution in [0.2, 0.25) is 0 Å². The van der Waals surface area contributed by atoms with Gasteiger partial charge in [0.15, 0.2) is 0 Å². The van der Waals surface area contributed by atoms with Crippen molar-refractivity contribution in [2.45, 2.75) is 49.5 Å². The Kier molecular flexibility index (Phi) is 9.38. The molecule has 0 aromatic heterocycles. The molecule has 2 amide bonds. The van der Waals surface area contributed by atoms with Gasteiger partial charge in [-0.15, -0.1) is 11.8 Å². The number of nitrogens with zero attached hydrogens (tertiary/aromatic N) is 2. The predicted molar refractivity (Wildman–Crippen MR) is 145 cm³/mol. The molecular formula is C26H30BrF3N4O3S. The summed E-state index contributed by atoms with van der Waals surface area (Å²) in [6.45, 7) is 1.57. The molecule has 4 rings (SSSR count). The van der Waals surface area contributed by atoms with Crippen LogP contribution < -0.4 is 10.6 Å². The van der Waals surface area contributed by atoms with Crippen LogP contribution in [0.1, 0.15) is 41.6 Å². The number of carbonyl (C=O) groups is 2. The number of nitrogens with one attached hydrogen (secondary N) is 2. The summed E-state index contributed by atoms with van der Waals surface area (Å²) >= 11 is 5.07. The summed E-state index contributed by atoms with van der Waals surface area (Å²) in [4.78, 5) is 31.4. The van der Waals surface area contributed by atoms with E-state index in [4.69, 9.17) is 0 Å². The quantitative estimate of drug-likeness (QED) is 0.452. The summed E-state index contributed by atoms with van der Waals surface area (Å²) in [6, 6.07) is 4.35. The van der Waals surface area contributed by atoms with Gasteiger partial charge >= 0.3 is 6.18 Å². The Hall–Kier alpha value is -2.15. The van der Waals surface area contributed by atoms with Crippen LogP contribution in [0.4, 0.5) is 13.2 Å². The highest BCUT2D eigenvalue weighted by molar-refractivity contribution is 9.11. The Balaban J connectivity index is 1.18. The highest BCUT2D eigenvalue weighted by atomic mass is 79.9. The van der Waals surface area contributed by atoms with Crippen LogP contribution in [0, 0.1) is 0 Å². The van der Waals surface area contributed by atoms with Crippen molar-refractivity contribution in [2.24, 2.45) is 4.99 Å². The van der Waals surface area contributed by atoms with Crippen molar-refractivity contribution in [3.05, 3.63) is 58.1 Å². The van der Waals surface area contributed by atoms with Gasteiger partial charge in [-0.2, -0.15) is 13.2 Å². The first-order chi connectivity index (χ1) is 18.0. The van der Waals surface area contributed by atoms with Crippen LogP contribution in [0.15, 0.2) is 52.0 Å². The SMILES string of the molecule is O=C(CNC(=O)c1cccc(C(F)(F)F)c1)NC1CN(C2CCC(O)(/C3=N/C/C=C\C(Br)=C/CS3)CC2)C1. The molecule has 3 N–H and O–H groups in total. The Morgan fingerprint density at radius 3 is 2.68 bits per heavy atom. The van der Waals surface area contributed by atoms with Gasteiger partial charge in [-0.05, 0) is 43.9 Å². The van der Waals surface area contributed by atoms with Gasteiger partial charge in [0.1, 0.15) is 5.60 Å². The molecule has 2 fully saturated rings. The Bertz CT molecular complexity index is 1130. The molecule has 1 saturated carbocycles. The third-order valence-corrected chi connectivity index (χ3v) is 8.65. The monoisotopic (exact) mass is 614 g/mol. The number of carbonyl (C=O) groups excluding carboxylic acids is 2. The number of hydrogen-bond donors (Lipinski definition) is 3. The summed E-state index contributed by atoms with van der Waals surface area (Å²) in [5.41, 5.74) is -1.98. The maximum Gasteiger partial charge on any atom is 0.416 e. The van der Waals surface area contributed by atoms with E-state index in [0.717, 1.165) is 46.3 Å². The number of allylic oxidation sites excluding steroid dienone is 2. The number of halogens is 4. The van der Waals surface area contributed by atoms with E-state index in [1.54, 1.807) is 11.8 Å². The highest BCUT2D eigenvalue weighted by Gasteiger charge is 2.42. The molecule has 0 atom stereocenters. The minimum Gasteiger partial charge on any atom is -0.383 e. The van der Waals surface area contributed by atoms with Crippen LogP contribution in [0.25, 0.3) is 0 Å². The largest absolute Gasteiger partial charge is 0.416 e. The van der Waals surface area contributed by atoms with Gasteiger partial charge in [-0.1, -0.05) is 40.2 Å². The molecule has 0 bridgehead atoms. The highest BCUT2D eigenvalue weighted by Crippen LogP contribution is 2.37. The van der Waals surface area contributed by atoms with Gasteiger partial charge in [0.2, 0.25) is 5.91 Å². The molecule has 1 aromatic rings. The van der Waals surface area contributed by atoms with E-state index in [0.29, 0.717) is 38.5 Å². The maximum atomic E-state index is 12.9. The van der Waals surface area contributed by atoms with Gasteiger partial charge in [0, 0.05) is 34.9 Å². The van der Waals surface area contributed by atoms with E-state index >= 15 is 0 Å². The van der Waals surface area contributed by atoms with Gasteiger partial charge < -0.3 is 15.7 Å². The van der Waals surface area contributed by atoms with Crippen molar-refractivity contribution in [3.63, 3.8) is 0 Å². The van der Waals surface area contributed by atoms with Gasteiger partial charge in [0.05, 0.1) is 29.7 Å². The molecule has 1 aliphatic carbocycles. The lowest BCUT2D eigenvalue weighted by atomic mass is 9.81. The number of thioether (sulfide) groups is 1. The standard InChI is InChI=1S/C26H30BrF3N4O3S/c27-19-5-2-11-31-24(38-12-8-19)25(37)9-6-21(7-10-25)34-15-20(16-34)33-22(35)14-32-23(36)17-3-1-4-18(13-17)26(28,29)30/h1-5,8,13,20-21,37H,6-7,9-12,14-16H2,(H,32,36)(H,33,35)/b5-2-,19-8+,31-24-. The molecular weight excluding hydrogens is 585 g/mol. The summed E-state index contributed by atoms with van der Waals surface area (Å²) < 4.78 is 39.6. The number of alkyl halides is 3. The van der Waals surface area contributed by atoms with Gasteiger partial charge in [-0.25, -0.2) is 0 Å². The fourth-order valence-corrected chi connectivity index (χ4v) is 6.46. The molecule has 0 spiro atoms. The van der Waals surface area contributed by atoms with Crippen LogP contribution in [0.3, 0.4) is 0 Å². The van der Waals surface area contributed by atoms with E-state index in [1.165, 1.54) is 6.07 Å². The first-order valence-electron chi connectivity index (χ1n) is 12.4. The second kappa shape index (κ2) is 12.4. The second-order valence-electron chi connectivity index (χ2n) is 9.69. The molecule has 1 aromatic carbocycles. The summed E-state index contributed by atoms with van der Waals surface area (Å²) in [6.07, 6.45) is 4.37. The summed E-state index contributed by atoms with van der Waals surface area (Å²) in [7, 11) is 0. The Morgan fingerprint density at radius 2 is 1.97 bits per heavy atom. The second-order valence-corrected chi connectivity index (χ2v) is 11.6. The summed E-state index contributed by atoms with van der Waals surface area (Å²) in [5.74, 6) is -0.389. The fraction of sp³-hybridized carbons (Fsp3) is 0.500. The molecule has 12 heteroatoms. The van der Waals surface area contributed by atoms with E-state index in [-0.39, 0.29) is 18.2 Å². The molecule has 38 heavy (non-hydrogen) atoms. The Labute approximate surface area is 232 Å². The lowest BCUT2D eigenvalue weighted by Crippen LogP contribution is -2.63. The van der Waals surface area contributed by atoms with Crippen molar-refractivity contribution in [1.29, 1.82) is 0 Å². The number of benzene rings is 1. The molecule has 0 radical (unpaired) electrons. The fourth-order valence-electron chi connectivity index (χ4n) is 4.84. The number of likely N-dealkylation sites (tertiary alicyclic amines) is 1. The first kappa shape index (κ1) is 28.8. The van der Waals surface area contributed by atoms with E-state index < -0.39 is 29.2 Å². The van der Waals surface area contributed by atoms with Gasteiger partial charge in [-0.3, -0.25) is 19.5 Å². The molecule has 1 saturated heterocycles. The number of aliphatic imine (C=N–C) groups is 1. The third kappa shape index (κ3) is 7.49. The van der Waals surface area contributed by atoms with Crippen LogP contribution in [-0.4, -0.2) is 76.5 Å². The zero-order valence-electron chi connectivity index (χ0n) is 20.6. The van der Waals surface area contributed by atoms with Crippen molar-refractivity contribution in [1.82, 2.24) is 15.5 Å². The zero-order chi connectivity index (χ0) is 27.3. The van der Waals surface area contributed by atoms with Crippen molar-refractivity contribution in [3.8, 4) is 0 Å². The molecule has 3 aliphatic rings. The van der Waals surface area contributed by atoms with Crippen LogP contribution >= 0.6 is 27.7 Å². The number of aliphatic hydroxyl groups is 1. The van der Waals surface area contributed by atoms with Crippen molar-refractivity contribution < 1.29 is 27.9 Å². The van der Waals surface area contributed by atoms with Gasteiger partial charge in [0.25, 0.3) is 5.91 Å². The molecule has 2 heterocycles. The normalized spacial score (nSPS) is 28.8. The number of hydrogen-bond acceptors (Lipinski definition) is 6. The van der Waals surface area contributed by atoms with Crippen molar-refractivity contribution >= 4 is 44.5 Å². The third-order valence-electron chi connectivity index (χ3n) is 6.95. The molecule has 206 valence electrons. The summed E-state index contributed by atoms with van der Waals surface area (Å²) in [5, 5.41) is 17.3. The predicted octanol–water partition coefficient (Wildman–Crippen LogP) is 3.89. The molecule has 7 nitrogen and oxygen atoms in total. The van der Waals surface area contributed by atoms with Crippen LogP contribution in [0.5, 0.6) is 0 Å². The average Bonchev–Trinajstić information content (AvgIpc) is 2.97. The maximum absolute atomic E-state index is 12.9. The first-order valence-corrected chi connectivity index (χ1v) is 14.2. The number of amides is 2. The minimum atomic E-state index is -4.55. The average molecular weight is 616 g/mol. The van der Waals surface area contributed by atoms with Crippen molar-refractivity contribution in [2.75, 3.05) is 31.9 Å². The van der Waals surface area contributed by atoms with E-state index in [2.05, 4.69) is 42.5 Å². The smallest absolute Gasteiger partial charge is 0.383 e. The lowest BCUT2D eigenvalue weighted by Gasteiger charge is -2.48. The lowest BCUT2D eigenvalue weighted by molar-refractivity contribution is -0.137. The minimum absolute atomic E-state index is 0.0555. The Morgan fingerprint density at radius 1 is 1.24 bits per heavy atom. The van der Waals surface area contributed by atoms with E-state index in [1.807, 2.05) is 12.2 Å². The van der Waals surface area contributed by atoms with E-state index in [9.17, 15) is 27.9 Å². The van der Waals surface area contributed by atoms with Crippen LogP contribution in [-0.2, 0) is 11.0 Å². The molecule has 0 unspecified atom stereocenters. The number of rotatable bonds is 6. The zero-order valence-corrected chi connectivity index (χ0v) is 23.0. The molecule has 2 aliphatic heterocycles.